The Bertz CT molecular complexity index is 753. The Kier molecular flexibility index (Phi) is 3.44. The van der Waals surface area contributed by atoms with Crippen LogP contribution in [0.1, 0.15) is 37.3 Å². The quantitative estimate of drug-likeness (QED) is 0.795. The number of aryl methyl sites for hydroxylation is 2. The van der Waals surface area contributed by atoms with E-state index in [0.717, 1.165) is 30.5 Å². The Balaban J connectivity index is 2.08. The zero-order valence-corrected chi connectivity index (χ0v) is 12.9. The molecule has 0 aromatic heterocycles. The molecule has 1 aliphatic heterocycles. The number of nitrogens with zero attached hydrogens (tertiary/aromatic N) is 1. The van der Waals surface area contributed by atoms with Crippen molar-refractivity contribution in [2.75, 3.05) is 11.4 Å². The van der Waals surface area contributed by atoms with E-state index >= 15 is 0 Å². The van der Waals surface area contributed by atoms with Crippen molar-refractivity contribution in [2.24, 2.45) is 0 Å². The Morgan fingerprint density at radius 2 is 1.81 bits per heavy atom. The van der Waals surface area contributed by atoms with Crippen LogP contribution in [0.3, 0.4) is 0 Å². The maximum absolute atomic E-state index is 12.1. The Hall–Kier alpha value is -1.90. The summed E-state index contributed by atoms with van der Waals surface area (Å²) in [7, 11) is 0. The van der Waals surface area contributed by atoms with Gasteiger partial charge in [-0.15, -0.1) is 0 Å². The number of hydrogen-bond acceptors (Lipinski definition) is 3. The molecule has 2 aromatic rings. The highest BCUT2D eigenvalue weighted by atomic mass is 16.2. The molecule has 1 aliphatic rings. The van der Waals surface area contributed by atoms with Gasteiger partial charge in [-0.25, -0.2) is 0 Å². The van der Waals surface area contributed by atoms with Crippen LogP contribution in [0, 0.1) is 13.8 Å². The molecule has 0 saturated carbocycles. The number of hydrogen-bond donors (Lipinski definition) is 0. The molecule has 3 heteroatoms. The summed E-state index contributed by atoms with van der Waals surface area (Å²) in [5.74, 6) is 0. The van der Waals surface area contributed by atoms with E-state index < -0.39 is 0 Å². The van der Waals surface area contributed by atoms with Gasteiger partial charge in [-0.3, -0.25) is 9.59 Å². The number of anilines is 1. The zero-order valence-electron chi connectivity index (χ0n) is 12.9. The van der Waals surface area contributed by atoms with Gasteiger partial charge in [0, 0.05) is 12.6 Å². The first-order valence-electron chi connectivity index (χ1n) is 7.68. The van der Waals surface area contributed by atoms with Crippen molar-refractivity contribution in [3.05, 3.63) is 49.8 Å². The SMILES string of the molecule is Cc1ccc(-c2c(N3CCCC[C@H]3C)c(=O)c2=O)cc1C. The maximum Gasteiger partial charge on any atom is 0.250 e. The van der Waals surface area contributed by atoms with E-state index in [2.05, 4.69) is 18.7 Å². The molecular formula is C18H21NO2. The van der Waals surface area contributed by atoms with Crippen molar-refractivity contribution in [2.45, 2.75) is 46.1 Å². The third-order valence-electron chi connectivity index (χ3n) is 4.77. The molecule has 1 heterocycles. The fraction of sp³-hybridized carbons (Fsp3) is 0.444. The molecule has 0 spiro atoms. The van der Waals surface area contributed by atoms with Gasteiger partial charge < -0.3 is 4.90 Å². The first kappa shape index (κ1) is 14.1. The molecular weight excluding hydrogens is 262 g/mol. The number of rotatable bonds is 2. The van der Waals surface area contributed by atoms with Crippen LogP contribution in [0.15, 0.2) is 27.8 Å². The fourth-order valence-electron chi connectivity index (χ4n) is 3.25. The summed E-state index contributed by atoms with van der Waals surface area (Å²) in [6.45, 7) is 7.10. The van der Waals surface area contributed by atoms with Gasteiger partial charge in [0.25, 0.3) is 0 Å². The molecule has 110 valence electrons. The highest BCUT2D eigenvalue weighted by molar-refractivity contribution is 5.83. The minimum absolute atomic E-state index is 0.308. The van der Waals surface area contributed by atoms with Crippen molar-refractivity contribution >= 4 is 5.69 Å². The van der Waals surface area contributed by atoms with E-state index in [-0.39, 0.29) is 10.9 Å². The number of piperidine rings is 1. The third kappa shape index (κ3) is 2.21. The van der Waals surface area contributed by atoms with Gasteiger partial charge in [-0.1, -0.05) is 18.2 Å². The molecule has 3 rings (SSSR count). The van der Waals surface area contributed by atoms with E-state index in [4.69, 9.17) is 0 Å². The van der Waals surface area contributed by atoms with E-state index in [9.17, 15) is 9.59 Å². The molecule has 0 aliphatic carbocycles. The average Bonchev–Trinajstić information content (AvgIpc) is 2.48. The lowest BCUT2D eigenvalue weighted by atomic mass is 9.92. The van der Waals surface area contributed by atoms with Crippen LogP contribution in [0.2, 0.25) is 0 Å². The summed E-state index contributed by atoms with van der Waals surface area (Å²) in [6, 6.07) is 6.33. The predicted octanol–water partition coefficient (Wildman–Crippen LogP) is 2.95. The van der Waals surface area contributed by atoms with E-state index in [0.29, 0.717) is 17.3 Å². The van der Waals surface area contributed by atoms with Crippen LogP contribution in [0.25, 0.3) is 11.1 Å². The largest absolute Gasteiger partial charge is 0.365 e. The summed E-state index contributed by atoms with van der Waals surface area (Å²) in [5, 5.41) is 0. The lowest BCUT2D eigenvalue weighted by Crippen LogP contribution is -2.47. The summed E-state index contributed by atoms with van der Waals surface area (Å²) >= 11 is 0. The molecule has 0 unspecified atom stereocenters. The molecule has 1 fully saturated rings. The van der Waals surface area contributed by atoms with E-state index in [1.54, 1.807) is 0 Å². The minimum atomic E-state index is -0.328. The fourth-order valence-corrected chi connectivity index (χ4v) is 3.25. The van der Waals surface area contributed by atoms with Gasteiger partial charge in [0.2, 0.25) is 10.9 Å². The first-order valence-corrected chi connectivity index (χ1v) is 7.68. The molecule has 1 saturated heterocycles. The molecule has 0 bridgehead atoms. The van der Waals surface area contributed by atoms with Crippen LogP contribution >= 0.6 is 0 Å². The normalized spacial score (nSPS) is 19.2. The van der Waals surface area contributed by atoms with E-state index in [1.807, 2.05) is 25.1 Å². The maximum atomic E-state index is 12.1. The van der Waals surface area contributed by atoms with Crippen LogP contribution in [-0.4, -0.2) is 12.6 Å². The predicted molar refractivity (Wildman–Crippen MR) is 86.9 cm³/mol. The van der Waals surface area contributed by atoms with E-state index in [1.165, 1.54) is 12.0 Å². The van der Waals surface area contributed by atoms with Gasteiger partial charge in [-0.2, -0.15) is 0 Å². The second kappa shape index (κ2) is 5.14. The molecule has 0 amide bonds. The van der Waals surface area contributed by atoms with Gasteiger partial charge in [0.1, 0.15) is 5.69 Å². The summed E-state index contributed by atoms with van der Waals surface area (Å²) in [5.41, 5.74) is 3.87. The molecule has 21 heavy (non-hydrogen) atoms. The summed E-state index contributed by atoms with van der Waals surface area (Å²) in [6.07, 6.45) is 3.38. The molecule has 1 atom stereocenters. The lowest BCUT2D eigenvalue weighted by molar-refractivity contribution is 0.483. The van der Waals surface area contributed by atoms with Crippen molar-refractivity contribution < 1.29 is 0 Å². The smallest absolute Gasteiger partial charge is 0.250 e. The zero-order chi connectivity index (χ0) is 15.1. The standard InChI is InChI=1S/C18H21NO2/c1-11-7-8-14(10-12(11)2)15-16(18(21)17(15)20)19-9-5-4-6-13(19)3/h7-8,10,13H,4-6,9H2,1-3H3/t13-/m1/s1. The Morgan fingerprint density at radius 3 is 2.48 bits per heavy atom. The van der Waals surface area contributed by atoms with Crippen molar-refractivity contribution in [1.82, 2.24) is 0 Å². The van der Waals surface area contributed by atoms with Crippen LogP contribution < -0.4 is 15.8 Å². The molecule has 2 aromatic carbocycles. The van der Waals surface area contributed by atoms with Gasteiger partial charge in [0.05, 0.1) is 5.56 Å². The number of benzene rings is 1. The van der Waals surface area contributed by atoms with Crippen LogP contribution in [0.5, 0.6) is 0 Å². The topological polar surface area (TPSA) is 37.4 Å². The van der Waals surface area contributed by atoms with Gasteiger partial charge in [-0.05, 0) is 56.7 Å². The molecule has 0 radical (unpaired) electrons. The second-order valence-corrected chi connectivity index (χ2v) is 6.22. The average molecular weight is 283 g/mol. The van der Waals surface area contributed by atoms with Crippen molar-refractivity contribution in [3.8, 4) is 11.1 Å². The Labute approximate surface area is 124 Å². The van der Waals surface area contributed by atoms with Gasteiger partial charge >= 0.3 is 0 Å². The first-order chi connectivity index (χ1) is 10.0. The van der Waals surface area contributed by atoms with Gasteiger partial charge in [0.15, 0.2) is 0 Å². The summed E-state index contributed by atoms with van der Waals surface area (Å²) in [4.78, 5) is 26.3. The van der Waals surface area contributed by atoms with Crippen molar-refractivity contribution in [3.63, 3.8) is 0 Å². The highest BCUT2D eigenvalue weighted by Crippen LogP contribution is 2.31. The van der Waals surface area contributed by atoms with Crippen molar-refractivity contribution in [1.29, 1.82) is 0 Å². The van der Waals surface area contributed by atoms with Crippen LogP contribution in [-0.2, 0) is 0 Å². The monoisotopic (exact) mass is 283 g/mol. The molecule has 3 nitrogen and oxygen atoms in total. The Morgan fingerprint density at radius 1 is 1.05 bits per heavy atom. The molecule has 0 N–H and O–H groups in total. The summed E-state index contributed by atoms with van der Waals surface area (Å²) < 4.78 is 0. The second-order valence-electron chi connectivity index (χ2n) is 6.22. The highest BCUT2D eigenvalue weighted by Gasteiger charge is 2.30. The van der Waals surface area contributed by atoms with Crippen LogP contribution in [0.4, 0.5) is 5.69 Å². The third-order valence-corrected chi connectivity index (χ3v) is 4.77. The minimum Gasteiger partial charge on any atom is -0.365 e. The lowest BCUT2D eigenvalue weighted by Gasteiger charge is -2.36.